The molecule has 5 heteroatoms. The van der Waals surface area contributed by atoms with E-state index in [9.17, 15) is 4.39 Å². The fraction of sp³-hybridized carbons (Fsp3) is 0.643. The molecule has 0 amide bonds. The van der Waals surface area contributed by atoms with Crippen LogP contribution in [0.2, 0.25) is 0 Å². The van der Waals surface area contributed by atoms with Gasteiger partial charge < -0.3 is 10.2 Å². The van der Waals surface area contributed by atoms with Crippen LogP contribution in [0.5, 0.6) is 0 Å². The number of aromatic nitrogens is 1. The molecule has 3 nitrogen and oxygen atoms in total. The summed E-state index contributed by atoms with van der Waals surface area (Å²) in [7, 11) is 2.01. The van der Waals surface area contributed by atoms with Gasteiger partial charge in [0.25, 0.3) is 0 Å². The zero-order chi connectivity index (χ0) is 14.4. The Morgan fingerprint density at radius 1 is 1.42 bits per heavy atom. The van der Waals surface area contributed by atoms with Crippen molar-refractivity contribution in [1.82, 2.24) is 10.3 Å². The second-order valence-electron chi connectivity index (χ2n) is 5.09. The summed E-state index contributed by atoms with van der Waals surface area (Å²) in [6.45, 7) is 6.94. The molecule has 1 aromatic heterocycles. The highest BCUT2D eigenvalue weighted by molar-refractivity contribution is 7.98. The minimum atomic E-state index is -0.282. The van der Waals surface area contributed by atoms with Crippen molar-refractivity contribution in [3.63, 3.8) is 0 Å². The maximum Gasteiger partial charge on any atom is 0.141 e. The van der Waals surface area contributed by atoms with Crippen LogP contribution in [0.4, 0.5) is 10.2 Å². The molecule has 0 spiro atoms. The normalized spacial score (nSPS) is 12.8. The van der Waals surface area contributed by atoms with E-state index >= 15 is 0 Å². The SMILES string of the molecule is CSCC(C)N(C)c1ncc(F)cc1CNC(C)C. The smallest absolute Gasteiger partial charge is 0.141 e. The van der Waals surface area contributed by atoms with Gasteiger partial charge in [-0.1, -0.05) is 13.8 Å². The summed E-state index contributed by atoms with van der Waals surface area (Å²) in [5.74, 6) is 1.60. The molecular formula is C14H24FN3S. The summed E-state index contributed by atoms with van der Waals surface area (Å²) < 4.78 is 13.4. The van der Waals surface area contributed by atoms with Gasteiger partial charge in [0.15, 0.2) is 0 Å². The summed E-state index contributed by atoms with van der Waals surface area (Å²) >= 11 is 1.80. The first-order valence-electron chi connectivity index (χ1n) is 6.55. The lowest BCUT2D eigenvalue weighted by atomic mass is 10.2. The van der Waals surface area contributed by atoms with Gasteiger partial charge in [-0.15, -0.1) is 0 Å². The second kappa shape index (κ2) is 7.70. The number of nitrogens with one attached hydrogen (secondary N) is 1. The number of anilines is 1. The van der Waals surface area contributed by atoms with E-state index in [1.807, 2.05) is 7.05 Å². The molecule has 1 unspecified atom stereocenters. The molecule has 0 radical (unpaired) electrons. The number of hydrogen-bond acceptors (Lipinski definition) is 4. The predicted molar refractivity (Wildman–Crippen MR) is 82.4 cm³/mol. The zero-order valence-electron chi connectivity index (χ0n) is 12.4. The first-order chi connectivity index (χ1) is 8.95. The Bertz CT molecular complexity index is 398. The van der Waals surface area contributed by atoms with Gasteiger partial charge in [-0.3, -0.25) is 0 Å². The van der Waals surface area contributed by atoms with Crippen molar-refractivity contribution in [2.75, 3.05) is 24.0 Å². The number of halogens is 1. The minimum absolute atomic E-state index is 0.282. The van der Waals surface area contributed by atoms with E-state index in [-0.39, 0.29) is 5.82 Å². The van der Waals surface area contributed by atoms with Gasteiger partial charge in [0.05, 0.1) is 6.20 Å². The highest BCUT2D eigenvalue weighted by Crippen LogP contribution is 2.20. The van der Waals surface area contributed by atoms with Crippen molar-refractivity contribution in [1.29, 1.82) is 0 Å². The molecule has 0 fully saturated rings. The second-order valence-corrected chi connectivity index (χ2v) is 6.00. The molecule has 1 rings (SSSR count). The molecule has 0 aliphatic carbocycles. The summed E-state index contributed by atoms with van der Waals surface area (Å²) in [4.78, 5) is 6.38. The van der Waals surface area contributed by atoms with E-state index in [1.54, 1.807) is 17.8 Å². The fourth-order valence-electron chi connectivity index (χ4n) is 1.80. The van der Waals surface area contributed by atoms with Crippen molar-refractivity contribution in [2.24, 2.45) is 0 Å². The molecular weight excluding hydrogens is 261 g/mol. The van der Waals surface area contributed by atoms with Crippen LogP contribution < -0.4 is 10.2 Å². The largest absolute Gasteiger partial charge is 0.356 e. The molecule has 19 heavy (non-hydrogen) atoms. The van der Waals surface area contributed by atoms with Crippen LogP contribution in [-0.2, 0) is 6.54 Å². The molecule has 0 aliphatic rings. The first-order valence-corrected chi connectivity index (χ1v) is 7.94. The third-order valence-corrected chi connectivity index (χ3v) is 3.83. The molecule has 1 N–H and O–H groups in total. The Kier molecular flexibility index (Phi) is 6.58. The Hall–Kier alpha value is -0.810. The molecule has 0 aliphatic heterocycles. The van der Waals surface area contributed by atoms with Crippen LogP contribution in [0.3, 0.4) is 0 Å². The van der Waals surface area contributed by atoms with E-state index in [1.165, 1.54) is 6.20 Å². The summed E-state index contributed by atoms with van der Waals surface area (Å²) in [6.07, 6.45) is 3.38. The van der Waals surface area contributed by atoms with Crippen LogP contribution in [0.1, 0.15) is 26.3 Å². The Labute approximate surface area is 120 Å². The fourth-order valence-corrected chi connectivity index (χ4v) is 2.50. The van der Waals surface area contributed by atoms with Crippen molar-refractivity contribution in [3.05, 3.63) is 23.6 Å². The predicted octanol–water partition coefficient (Wildman–Crippen LogP) is 2.91. The van der Waals surface area contributed by atoms with Crippen LogP contribution in [0.25, 0.3) is 0 Å². The average Bonchev–Trinajstić information content (AvgIpc) is 2.36. The Balaban J connectivity index is 2.91. The number of thioether (sulfide) groups is 1. The summed E-state index contributed by atoms with van der Waals surface area (Å²) in [5.41, 5.74) is 0.907. The van der Waals surface area contributed by atoms with Crippen molar-refractivity contribution in [3.8, 4) is 0 Å². The third-order valence-electron chi connectivity index (χ3n) is 3.01. The Morgan fingerprint density at radius 3 is 2.68 bits per heavy atom. The van der Waals surface area contributed by atoms with Crippen molar-refractivity contribution >= 4 is 17.6 Å². The van der Waals surface area contributed by atoms with Crippen molar-refractivity contribution < 1.29 is 4.39 Å². The standard InChI is InChI=1S/C14H24FN3S/c1-10(2)16-7-12-6-13(15)8-17-14(12)18(4)11(3)9-19-5/h6,8,10-11,16H,7,9H2,1-5H3. The summed E-state index contributed by atoms with van der Waals surface area (Å²) in [5, 5.41) is 3.32. The van der Waals surface area contributed by atoms with E-state index in [0.717, 1.165) is 17.1 Å². The van der Waals surface area contributed by atoms with Crippen molar-refractivity contribution in [2.45, 2.75) is 39.4 Å². The summed E-state index contributed by atoms with van der Waals surface area (Å²) in [6, 6.07) is 2.30. The minimum Gasteiger partial charge on any atom is -0.356 e. The topological polar surface area (TPSA) is 28.2 Å². The molecule has 1 aromatic rings. The van der Waals surface area contributed by atoms with Gasteiger partial charge in [0.2, 0.25) is 0 Å². The molecule has 1 atom stereocenters. The number of rotatable bonds is 7. The zero-order valence-corrected chi connectivity index (χ0v) is 13.2. The van der Waals surface area contributed by atoms with Crippen LogP contribution >= 0.6 is 11.8 Å². The first kappa shape index (κ1) is 16.2. The van der Waals surface area contributed by atoms with E-state index < -0.39 is 0 Å². The molecule has 0 aromatic carbocycles. The highest BCUT2D eigenvalue weighted by Gasteiger charge is 2.15. The third kappa shape index (κ3) is 4.99. The van der Waals surface area contributed by atoms with Gasteiger partial charge in [0, 0.05) is 37.0 Å². The number of nitrogens with zero attached hydrogens (tertiary/aromatic N) is 2. The van der Waals surface area contributed by atoms with Crippen LogP contribution in [-0.4, -0.2) is 36.1 Å². The maximum atomic E-state index is 13.4. The quantitative estimate of drug-likeness (QED) is 0.834. The lowest BCUT2D eigenvalue weighted by Gasteiger charge is -2.27. The molecule has 0 bridgehead atoms. The van der Waals surface area contributed by atoms with Gasteiger partial charge in [-0.2, -0.15) is 11.8 Å². The Morgan fingerprint density at radius 2 is 2.11 bits per heavy atom. The average molecular weight is 285 g/mol. The van der Waals surface area contributed by atoms with Gasteiger partial charge >= 0.3 is 0 Å². The van der Waals surface area contributed by atoms with Crippen LogP contribution in [0, 0.1) is 5.82 Å². The van der Waals surface area contributed by atoms with E-state index in [4.69, 9.17) is 0 Å². The molecule has 1 heterocycles. The molecule has 108 valence electrons. The molecule has 0 saturated carbocycles. The lowest BCUT2D eigenvalue weighted by molar-refractivity contribution is 0.575. The van der Waals surface area contributed by atoms with E-state index in [2.05, 4.69) is 42.2 Å². The lowest BCUT2D eigenvalue weighted by Crippen LogP contribution is -2.33. The van der Waals surface area contributed by atoms with Gasteiger partial charge in [-0.25, -0.2) is 9.37 Å². The number of hydrogen-bond donors (Lipinski definition) is 1. The van der Waals surface area contributed by atoms with Gasteiger partial charge in [-0.05, 0) is 19.2 Å². The highest BCUT2D eigenvalue weighted by atomic mass is 32.2. The van der Waals surface area contributed by atoms with Crippen LogP contribution in [0.15, 0.2) is 12.3 Å². The van der Waals surface area contributed by atoms with E-state index in [0.29, 0.717) is 18.6 Å². The van der Waals surface area contributed by atoms with Gasteiger partial charge in [0.1, 0.15) is 11.6 Å². The number of pyridine rings is 1. The molecule has 0 saturated heterocycles. The monoisotopic (exact) mass is 285 g/mol. The maximum absolute atomic E-state index is 13.4.